The first-order valence-corrected chi connectivity index (χ1v) is 6.67. The van der Waals surface area contributed by atoms with Crippen LogP contribution in [0.5, 0.6) is 0 Å². The Bertz CT molecular complexity index is 699. The van der Waals surface area contributed by atoms with Crippen molar-refractivity contribution in [1.82, 2.24) is 19.9 Å². The number of fused-ring (bicyclic) bond motifs is 1. The zero-order valence-electron chi connectivity index (χ0n) is 9.74. The van der Waals surface area contributed by atoms with Crippen LogP contribution in [-0.4, -0.2) is 26.2 Å². The molecular weight excluding hydrogens is 244 g/mol. The smallest absolute Gasteiger partial charge is 0.187 e. The normalized spacial score (nSPS) is 10.7. The summed E-state index contributed by atoms with van der Waals surface area (Å²) in [6.45, 7) is 0. The van der Waals surface area contributed by atoms with Gasteiger partial charge in [-0.25, -0.2) is 9.97 Å². The van der Waals surface area contributed by atoms with Crippen LogP contribution in [0.15, 0.2) is 48.0 Å². The van der Waals surface area contributed by atoms with E-state index in [0.29, 0.717) is 0 Å². The molecule has 0 aliphatic carbocycles. The van der Waals surface area contributed by atoms with Crippen LogP contribution in [-0.2, 0) is 0 Å². The minimum absolute atomic E-state index is 0.751. The standard InChI is InChI=1S/C13H10N4S/c1-18-13-15-6-4-10(17-13)11-7-9-3-2-5-14-12(9)8-16-11/h2-8H,1H3. The average molecular weight is 254 g/mol. The number of pyridine rings is 2. The predicted molar refractivity (Wildman–Crippen MR) is 72.3 cm³/mol. The van der Waals surface area contributed by atoms with Gasteiger partial charge < -0.3 is 0 Å². The van der Waals surface area contributed by atoms with Crippen LogP contribution >= 0.6 is 11.8 Å². The Morgan fingerprint density at radius 3 is 2.83 bits per heavy atom. The van der Waals surface area contributed by atoms with Gasteiger partial charge in [0.15, 0.2) is 5.16 Å². The number of nitrogens with zero attached hydrogens (tertiary/aromatic N) is 4. The summed E-state index contributed by atoms with van der Waals surface area (Å²) in [6, 6.07) is 7.79. The Kier molecular flexibility index (Phi) is 2.90. The molecule has 0 fully saturated rings. The lowest BCUT2D eigenvalue weighted by molar-refractivity contribution is 0.971. The molecule has 0 atom stereocenters. The van der Waals surface area contributed by atoms with Gasteiger partial charge in [-0.2, -0.15) is 0 Å². The van der Waals surface area contributed by atoms with E-state index in [9.17, 15) is 0 Å². The third-order valence-corrected chi connectivity index (χ3v) is 3.13. The van der Waals surface area contributed by atoms with E-state index in [4.69, 9.17) is 0 Å². The van der Waals surface area contributed by atoms with Crippen LogP contribution in [0.1, 0.15) is 0 Å². The third kappa shape index (κ3) is 2.04. The Morgan fingerprint density at radius 1 is 1.00 bits per heavy atom. The molecule has 0 saturated carbocycles. The molecule has 0 aromatic carbocycles. The Hall–Kier alpha value is -2.01. The van der Waals surface area contributed by atoms with Crippen molar-refractivity contribution in [2.45, 2.75) is 5.16 Å². The molecule has 0 saturated heterocycles. The zero-order chi connectivity index (χ0) is 12.4. The molecule has 5 heteroatoms. The molecule has 88 valence electrons. The maximum Gasteiger partial charge on any atom is 0.187 e. The molecule has 0 N–H and O–H groups in total. The first kappa shape index (κ1) is 11.1. The van der Waals surface area contributed by atoms with Gasteiger partial charge in [-0.15, -0.1) is 0 Å². The van der Waals surface area contributed by atoms with E-state index in [1.54, 1.807) is 18.6 Å². The first-order chi connectivity index (χ1) is 8.86. The Labute approximate surface area is 109 Å². The SMILES string of the molecule is CSc1nccc(-c2cc3cccnc3cn2)n1. The Morgan fingerprint density at radius 2 is 1.94 bits per heavy atom. The minimum atomic E-state index is 0.751. The maximum absolute atomic E-state index is 4.44. The number of rotatable bonds is 2. The molecule has 18 heavy (non-hydrogen) atoms. The molecule has 3 rings (SSSR count). The highest BCUT2D eigenvalue weighted by molar-refractivity contribution is 7.98. The van der Waals surface area contributed by atoms with Gasteiger partial charge in [0.25, 0.3) is 0 Å². The summed E-state index contributed by atoms with van der Waals surface area (Å²) in [6.07, 6.45) is 7.24. The molecule has 0 aliphatic heterocycles. The van der Waals surface area contributed by atoms with Gasteiger partial charge in [-0.3, -0.25) is 9.97 Å². The van der Waals surface area contributed by atoms with E-state index in [0.717, 1.165) is 27.4 Å². The van der Waals surface area contributed by atoms with E-state index in [1.165, 1.54) is 11.8 Å². The maximum atomic E-state index is 4.44. The summed E-state index contributed by atoms with van der Waals surface area (Å²) in [4.78, 5) is 17.2. The summed E-state index contributed by atoms with van der Waals surface area (Å²) in [7, 11) is 0. The van der Waals surface area contributed by atoms with E-state index >= 15 is 0 Å². The summed E-state index contributed by atoms with van der Waals surface area (Å²) in [5.41, 5.74) is 2.56. The average Bonchev–Trinajstić information content (AvgIpc) is 2.47. The van der Waals surface area contributed by atoms with Crippen molar-refractivity contribution in [3.8, 4) is 11.4 Å². The zero-order valence-corrected chi connectivity index (χ0v) is 10.6. The number of aromatic nitrogens is 4. The van der Waals surface area contributed by atoms with Crippen molar-refractivity contribution in [2.24, 2.45) is 0 Å². The van der Waals surface area contributed by atoms with Crippen molar-refractivity contribution < 1.29 is 0 Å². The lowest BCUT2D eigenvalue weighted by Crippen LogP contribution is -1.91. The topological polar surface area (TPSA) is 51.6 Å². The summed E-state index contributed by atoms with van der Waals surface area (Å²) in [5, 5.41) is 1.81. The quantitative estimate of drug-likeness (QED) is 0.520. The fraction of sp³-hybridized carbons (Fsp3) is 0.0769. The largest absolute Gasteiger partial charge is 0.255 e. The van der Waals surface area contributed by atoms with E-state index in [-0.39, 0.29) is 0 Å². The van der Waals surface area contributed by atoms with Gasteiger partial charge in [-0.1, -0.05) is 17.8 Å². The fourth-order valence-corrected chi connectivity index (χ4v) is 2.05. The van der Waals surface area contributed by atoms with Crippen molar-refractivity contribution in [3.63, 3.8) is 0 Å². The number of hydrogen-bond donors (Lipinski definition) is 0. The Balaban J connectivity index is 2.13. The van der Waals surface area contributed by atoms with Crippen molar-refractivity contribution in [3.05, 3.63) is 42.9 Å². The predicted octanol–water partition coefficient (Wildman–Crippen LogP) is 2.81. The number of hydrogen-bond acceptors (Lipinski definition) is 5. The highest BCUT2D eigenvalue weighted by Crippen LogP contribution is 2.20. The summed E-state index contributed by atoms with van der Waals surface area (Å²) >= 11 is 1.52. The molecule has 0 bridgehead atoms. The van der Waals surface area contributed by atoms with Crippen LogP contribution in [0.3, 0.4) is 0 Å². The molecule has 0 radical (unpaired) electrons. The second-order valence-electron chi connectivity index (χ2n) is 3.69. The van der Waals surface area contributed by atoms with E-state index in [1.807, 2.05) is 30.5 Å². The van der Waals surface area contributed by atoms with Gasteiger partial charge in [0.1, 0.15) is 0 Å². The van der Waals surface area contributed by atoms with Gasteiger partial charge in [0.2, 0.25) is 0 Å². The van der Waals surface area contributed by atoms with Crippen LogP contribution in [0.4, 0.5) is 0 Å². The second-order valence-corrected chi connectivity index (χ2v) is 4.47. The highest BCUT2D eigenvalue weighted by atomic mass is 32.2. The second kappa shape index (κ2) is 4.70. The summed E-state index contributed by atoms with van der Waals surface area (Å²) in [5.74, 6) is 0. The molecule has 0 unspecified atom stereocenters. The van der Waals surface area contributed by atoms with E-state index in [2.05, 4.69) is 19.9 Å². The van der Waals surface area contributed by atoms with Crippen molar-refractivity contribution in [1.29, 1.82) is 0 Å². The van der Waals surface area contributed by atoms with Crippen LogP contribution in [0, 0.1) is 0 Å². The molecule has 3 heterocycles. The lowest BCUT2D eigenvalue weighted by atomic mass is 10.2. The molecule has 3 aromatic rings. The van der Waals surface area contributed by atoms with Crippen molar-refractivity contribution >= 4 is 22.7 Å². The molecule has 4 nitrogen and oxygen atoms in total. The van der Waals surface area contributed by atoms with Gasteiger partial charge >= 0.3 is 0 Å². The van der Waals surface area contributed by atoms with Crippen LogP contribution in [0.25, 0.3) is 22.3 Å². The van der Waals surface area contributed by atoms with E-state index < -0.39 is 0 Å². The van der Waals surface area contributed by atoms with Crippen LogP contribution < -0.4 is 0 Å². The molecule has 0 spiro atoms. The van der Waals surface area contributed by atoms with Gasteiger partial charge in [0.05, 0.1) is 23.1 Å². The van der Waals surface area contributed by atoms with Gasteiger partial charge in [0, 0.05) is 17.8 Å². The summed E-state index contributed by atoms with van der Waals surface area (Å²) < 4.78 is 0. The molecular formula is C13H10N4S. The van der Waals surface area contributed by atoms with Crippen molar-refractivity contribution in [2.75, 3.05) is 6.26 Å². The minimum Gasteiger partial charge on any atom is -0.255 e. The fourth-order valence-electron chi connectivity index (χ4n) is 1.70. The lowest BCUT2D eigenvalue weighted by Gasteiger charge is -2.02. The monoisotopic (exact) mass is 254 g/mol. The van der Waals surface area contributed by atoms with Gasteiger partial charge in [-0.05, 0) is 24.5 Å². The molecule has 0 amide bonds. The first-order valence-electron chi connectivity index (χ1n) is 5.45. The number of thioether (sulfide) groups is 1. The third-order valence-electron chi connectivity index (χ3n) is 2.57. The molecule has 0 aliphatic rings. The van der Waals surface area contributed by atoms with Crippen LogP contribution in [0.2, 0.25) is 0 Å². The molecule has 3 aromatic heterocycles. The highest BCUT2D eigenvalue weighted by Gasteiger charge is 2.04.